The second kappa shape index (κ2) is 8.43. The van der Waals surface area contributed by atoms with Gasteiger partial charge in [0.15, 0.2) is 0 Å². The standard InChI is InChI=1S/C19H31NO/c1-4-12-20-19-9-5-8-16-14-17(10-11-18(16)19)21-13-6-7-15(2)3/h10-11,14-15,19-20H,4-9,12-13H2,1-3H3. The lowest BCUT2D eigenvalue weighted by molar-refractivity contribution is 0.297. The first-order chi connectivity index (χ1) is 10.2. The van der Waals surface area contributed by atoms with Crippen LogP contribution in [0.1, 0.15) is 70.0 Å². The smallest absolute Gasteiger partial charge is 0.119 e. The molecule has 1 aliphatic carbocycles. The van der Waals surface area contributed by atoms with Gasteiger partial charge in [0.1, 0.15) is 5.75 Å². The van der Waals surface area contributed by atoms with E-state index in [-0.39, 0.29) is 0 Å². The quantitative estimate of drug-likeness (QED) is 0.689. The van der Waals surface area contributed by atoms with E-state index in [0.29, 0.717) is 6.04 Å². The summed E-state index contributed by atoms with van der Waals surface area (Å²) in [6.45, 7) is 8.71. The molecule has 0 heterocycles. The highest BCUT2D eigenvalue weighted by atomic mass is 16.5. The molecule has 0 spiro atoms. The second-order valence-corrected chi connectivity index (χ2v) is 6.64. The molecule has 1 atom stereocenters. The molecule has 0 amide bonds. The molecule has 0 radical (unpaired) electrons. The Hall–Kier alpha value is -1.02. The fourth-order valence-corrected chi connectivity index (χ4v) is 3.09. The van der Waals surface area contributed by atoms with Crippen LogP contribution in [-0.4, -0.2) is 13.2 Å². The second-order valence-electron chi connectivity index (χ2n) is 6.64. The van der Waals surface area contributed by atoms with Crippen LogP contribution in [0.3, 0.4) is 0 Å². The first-order valence-electron chi connectivity index (χ1n) is 8.69. The average Bonchev–Trinajstić information content (AvgIpc) is 2.49. The normalized spacial score (nSPS) is 17.8. The molecule has 1 aromatic carbocycles. The lowest BCUT2D eigenvalue weighted by Gasteiger charge is -2.27. The van der Waals surface area contributed by atoms with E-state index in [0.717, 1.165) is 31.2 Å². The van der Waals surface area contributed by atoms with E-state index in [1.54, 1.807) is 0 Å². The fourth-order valence-electron chi connectivity index (χ4n) is 3.09. The molecule has 2 nitrogen and oxygen atoms in total. The van der Waals surface area contributed by atoms with Crippen LogP contribution in [0.25, 0.3) is 0 Å². The summed E-state index contributed by atoms with van der Waals surface area (Å²) in [5.74, 6) is 1.82. The molecular weight excluding hydrogens is 258 g/mol. The van der Waals surface area contributed by atoms with E-state index >= 15 is 0 Å². The number of ether oxygens (including phenoxy) is 1. The van der Waals surface area contributed by atoms with Gasteiger partial charge in [0.05, 0.1) is 6.61 Å². The number of hydrogen-bond acceptors (Lipinski definition) is 2. The molecular formula is C19H31NO. The zero-order valence-corrected chi connectivity index (χ0v) is 14.0. The van der Waals surface area contributed by atoms with Gasteiger partial charge in [-0.1, -0.05) is 26.8 Å². The van der Waals surface area contributed by atoms with Gasteiger partial charge in [-0.2, -0.15) is 0 Å². The summed E-state index contributed by atoms with van der Waals surface area (Å²) in [6.07, 6.45) is 7.34. The van der Waals surface area contributed by atoms with Gasteiger partial charge in [0.2, 0.25) is 0 Å². The van der Waals surface area contributed by atoms with Crippen molar-refractivity contribution in [2.75, 3.05) is 13.2 Å². The maximum atomic E-state index is 5.92. The summed E-state index contributed by atoms with van der Waals surface area (Å²) in [7, 11) is 0. The van der Waals surface area contributed by atoms with E-state index in [9.17, 15) is 0 Å². The summed E-state index contributed by atoms with van der Waals surface area (Å²) in [4.78, 5) is 0. The molecule has 0 bridgehead atoms. The predicted molar refractivity (Wildman–Crippen MR) is 90.0 cm³/mol. The lowest BCUT2D eigenvalue weighted by Crippen LogP contribution is -2.25. The molecule has 0 saturated carbocycles. The van der Waals surface area contributed by atoms with Crippen LogP contribution in [0.4, 0.5) is 0 Å². The highest BCUT2D eigenvalue weighted by molar-refractivity contribution is 5.39. The summed E-state index contributed by atoms with van der Waals surface area (Å²) in [5.41, 5.74) is 2.97. The predicted octanol–water partition coefficient (Wildman–Crippen LogP) is 4.88. The Labute approximate surface area is 130 Å². The van der Waals surface area contributed by atoms with Crippen molar-refractivity contribution in [2.45, 2.75) is 65.3 Å². The Morgan fingerprint density at radius 2 is 2.19 bits per heavy atom. The summed E-state index contributed by atoms with van der Waals surface area (Å²) < 4.78 is 5.92. The van der Waals surface area contributed by atoms with Crippen molar-refractivity contribution in [3.63, 3.8) is 0 Å². The first-order valence-corrected chi connectivity index (χ1v) is 8.69. The van der Waals surface area contributed by atoms with Crippen LogP contribution in [-0.2, 0) is 6.42 Å². The van der Waals surface area contributed by atoms with Crippen molar-refractivity contribution >= 4 is 0 Å². The molecule has 1 aromatic rings. The van der Waals surface area contributed by atoms with Crippen molar-refractivity contribution in [3.8, 4) is 5.75 Å². The van der Waals surface area contributed by atoms with Gasteiger partial charge >= 0.3 is 0 Å². The third kappa shape index (κ3) is 5.03. The lowest BCUT2D eigenvalue weighted by atomic mass is 9.87. The van der Waals surface area contributed by atoms with Gasteiger partial charge in [-0.25, -0.2) is 0 Å². The van der Waals surface area contributed by atoms with Crippen molar-refractivity contribution in [1.29, 1.82) is 0 Å². The van der Waals surface area contributed by atoms with E-state index < -0.39 is 0 Å². The topological polar surface area (TPSA) is 21.3 Å². The SMILES string of the molecule is CCCNC1CCCc2cc(OCCCC(C)C)ccc21. The molecule has 2 heteroatoms. The molecule has 0 aliphatic heterocycles. The molecule has 1 unspecified atom stereocenters. The largest absolute Gasteiger partial charge is 0.494 e. The maximum absolute atomic E-state index is 5.92. The fraction of sp³-hybridized carbons (Fsp3) is 0.684. The van der Waals surface area contributed by atoms with Crippen LogP contribution < -0.4 is 10.1 Å². The van der Waals surface area contributed by atoms with Gasteiger partial charge < -0.3 is 10.1 Å². The highest BCUT2D eigenvalue weighted by Crippen LogP contribution is 2.32. The minimum Gasteiger partial charge on any atom is -0.494 e. The number of rotatable bonds is 8. The van der Waals surface area contributed by atoms with E-state index in [2.05, 4.69) is 44.3 Å². The molecule has 0 aromatic heterocycles. The Kier molecular flexibility index (Phi) is 6.56. The molecule has 2 rings (SSSR count). The number of nitrogens with one attached hydrogen (secondary N) is 1. The first kappa shape index (κ1) is 16.4. The summed E-state index contributed by atoms with van der Waals surface area (Å²) >= 11 is 0. The minimum atomic E-state index is 0.545. The van der Waals surface area contributed by atoms with Gasteiger partial charge in [0, 0.05) is 6.04 Å². The van der Waals surface area contributed by atoms with Crippen molar-refractivity contribution in [1.82, 2.24) is 5.32 Å². The maximum Gasteiger partial charge on any atom is 0.119 e. The third-order valence-electron chi connectivity index (χ3n) is 4.26. The Morgan fingerprint density at radius 3 is 2.95 bits per heavy atom. The number of aryl methyl sites for hydroxylation is 1. The van der Waals surface area contributed by atoms with Crippen LogP contribution in [0.2, 0.25) is 0 Å². The molecule has 0 fully saturated rings. The number of fused-ring (bicyclic) bond motifs is 1. The Balaban J connectivity index is 1.92. The molecule has 21 heavy (non-hydrogen) atoms. The van der Waals surface area contributed by atoms with Gasteiger partial charge in [-0.3, -0.25) is 0 Å². The van der Waals surface area contributed by atoms with Crippen molar-refractivity contribution in [3.05, 3.63) is 29.3 Å². The summed E-state index contributed by atoms with van der Waals surface area (Å²) in [6, 6.07) is 7.24. The van der Waals surface area contributed by atoms with Gasteiger partial charge in [0.25, 0.3) is 0 Å². The number of benzene rings is 1. The van der Waals surface area contributed by atoms with Crippen LogP contribution in [0.15, 0.2) is 18.2 Å². The molecule has 0 saturated heterocycles. The van der Waals surface area contributed by atoms with Crippen LogP contribution in [0.5, 0.6) is 5.75 Å². The monoisotopic (exact) mass is 289 g/mol. The van der Waals surface area contributed by atoms with Gasteiger partial charge in [-0.05, 0) is 74.2 Å². The third-order valence-corrected chi connectivity index (χ3v) is 4.26. The average molecular weight is 289 g/mol. The minimum absolute atomic E-state index is 0.545. The molecule has 1 aliphatic rings. The van der Waals surface area contributed by atoms with Crippen LogP contribution >= 0.6 is 0 Å². The van der Waals surface area contributed by atoms with Crippen LogP contribution in [0, 0.1) is 5.92 Å². The Morgan fingerprint density at radius 1 is 1.33 bits per heavy atom. The molecule has 1 N–H and O–H groups in total. The number of hydrogen-bond donors (Lipinski definition) is 1. The zero-order chi connectivity index (χ0) is 15.1. The van der Waals surface area contributed by atoms with E-state index in [1.807, 2.05) is 0 Å². The highest BCUT2D eigenvalue weighted by Gasteiger charge is 2.19. The van der Waals surface area contributed by atoms with Crippen molar-refractivity contribution < 1.29 is 4.74 Å². The van der Waals surface area contributed by atoms with E-state index in [1.165, 1.54) is 43.2 Å². The summed E-state index contributed by atoms with van der Waals surface area (Å²) in [5, 5.41) is 3.67. The Bertz CT molecular complexity index is 428. The zero-order valence-electron chi connectivity index (χ0n) is 14.0. The molecule has 118 valence electrons. The van der Waals surface area contributed by atoms with E-state index in [4.69, 9.17) is 4.74 Å². The van der Waals surface area contributed by atoms with Gasteiger partial charge in [-0.15, -0.1) is 0 Å². The van der Waals surface area contributed by atoms with Crippen molar-refractivity contribution in [2.24, 2.45) is 5.92 Å².